The molecule has 0 aromatic carbocycles. The van der Waals surface area contributed by atoms with E-state index in [-0.39, 0.29) is 0 Å². The van der Waals surface area contributed by atoms with E-state index in [0.717, 1.165) is 0 Å². The van der Waals surface area contributed by atoms with Crippen LogP contribution in [0.5, 0.6) is 0 Å². The molecule has 0 spiro atoms. The third-order valence-electron chi connectivity index (χ3n) is 0. The molecular weight excluding hydrogens is 197 g/mol. The Hall–Kier alpha value is -0.201. The molecule has 6 heavy (non-hydrogen) atoms. The summed E-state index contributed by atoms with van der Waals surface area (Å²) in [5, 5.41) is 13.6. The molecule has 0 fully saturated rings. The molecule has 0 aromatic rings. The van der Waals surface area contributed by atoms with Crippen molar-refractivity contribution < 1.29 is 13.4 Å². The van der Waals surface area contributed by atoms with Gasteiger partial charge in [0.25, 0.3) is 5.09 Å². The van der Waals surface area contributed by atoms with E-state index in [9.17, 15) is 0 Å². The van der Waals surface area contributed by atoms with Crippen molar-refractivity contribution in [2.24, 2.45) is 0 Å². The van der Waals surface area contributed by atoms with E-state index in [4.69, 9.17) is 18.4 Å². The topological polar surface area (TPSA) is 80.4 Å². The molecule has 0 aliphatic heterocycles. The van der Waals surface area contributed by atoms with Crippen LogP contribution in [0.3, 0.4) is 0 Å². The summed E-state index contributed by atoms with van der Waals surface area (Å²) in [7, 11) is 0. The molecule has 0 unspecified atom stereocenters. The molecule has 0 heterocycles. The average molecular weight is 198 g/mol. The second kappa shape index (κ2) is 8.84. The van der Waals surface area contributed by atoms with Gasteiger partial charge in [0.2, 0.25) is 0 Å². The van der Waals surface area contributed by atoms with Gasteiger partial charge in [-0.3, -0.25) is 0 Å². The molecule has 2 radical (unpaired) electrons. The first-order valence-electron chi connectivity index (χ1n) is 0.769. The van der Waals surface area contributed by atoms with Crippen molar-refractivity contribution in [1.29, 1.82) is 0 Å². The molecule has 5 nitrogen and oxygen atoms in total. The van der Waals surface area contributed by atoms with Gasteiger partial charge in [-0.15, -0.1) is 10.1 Å². The monoisotopic (exact) mass is 199 g/mol. The fourth-order valence-corrected chi connectivity index (χ4v) is 0. The SMILES string of the molecule is O=[N+]([O-])O.[O]=[Sn]. The normalized spacial score (nSPS) is 4.67. The van der Waals surface area contributed by atoms with Crippen LogP contribution in [-0.4, -0.2) is 32.8 Å². The Bertz CT molecular complexity index is 38.8. The first-order chi connectivity index (χ1) is 2.73. The third kappa shape index (κ3) is 734. The summed E-state index contributed by atoms with van der Waals surface area (Å²) in [6, 6.07) is 0. The average Bonchev–Trinajstić information content (AvgIpc) is 1.41. The molecule has 6 heteroatoms. The van der Waals surface area contributed by atoms with Gasteiger partial charge in [-0.1, -0.05) is 0 Å². The molecule has 0 bridgehead atoms. The van der Waals surface area contributed by atoms with Crippen LogP contribution < -0.4 is 0 Å². The maximum atomic E-state index is 8.36. The Balaban J connectivity index is 0. The first kappa shape index (κ1) is 9.25. The Labute approximate surface area is 46.5 Å². The van der Waals surface area contributed by atoms with Crippen LogP contribution in [0.2, 0.25) is 0 Å². The zero-order valence-electron chi connectivity index (χ0n) is 2.62. The Morgan fingerprint density at radius 3 is 1.67 bits per heavy atom. The molecule has 0 saturated heterocycles. The van der Waals surface area contributed by atoms with Gasteiger partial charge in [-0.2, -0.15) is 0 Å². The molecular formula is HNO4Sn. The van der Waals surface area contributed by atoms with Crippen LogP contribution in [0.4, 0.5) is 0 Å². The number of hydrogen-bond donors (Lipinski definition) is 1. The third-order valence-corrected chi connectivity index (χ3v) is 0. The zero-order chi connectivity index (χ0) is 5.58. The van der Waals surface area contributed by atoms with E-state index in [0.29, 0.717) is 22.5 Å². The Kier molecular flexibility index (Phi) is 13.6. The molecule has 0 amide bonds. The van der Waals surface area contributed by atoms with E-state index in [1.807, 2.05) is 0 Å². The fraction of sp³-hybridized carbons (Fsp3) is 0. The second-order valence-electron chi connectivity index (χ2n) is 0.238. The summed E-state index contributed by atoms with van der Waals surface area (Å²) in [5.41, 5.74) is 0. The summed E-state index contributed by atoms with van der Waals surface area (Å²) < 4.78 is 8.34. The number of nitrogens with zero attached hydrogens (tertiary/aromatic N) is 1. The summed E-state index contributed by atoms with van der Waals surface area (Å²) in [5.74, 6) is 0. The van der Waals surface area contributed by atoms with Crippen molar-refractivity contribution in [2.75, 3.05) is 0 Å². The molecule has 0 aliphatic carbocycles. The van der Waals surface area contributed by atoms with Gasteiger partial charge in [0.05, 0.1) is 0 Å². The zero-order valence-corrected chi connectivity index (χ0v) is 5.47. The van der Waals surface area contributed by atoms with Crippen LogP contribution in [0.1, 0.15) is 0 Å². The van der Waals surface area contributed by atoms with E-state index >= 15 is 0 Å². The van der Waals surface area contributed by atoms with Crippen molar-refractivity contribution in [3.8, 4) is 0 Å². The quantitative estimate of drug-likeness (QED) is 0.312. The fourth-order valence-electron chi connectivity index (χ4n) is 0. The van der Waals surface area contributed by atoms with Crippen molar-refractivity contribution in [1.82, 2.24) is 0 Å². The van der Waals surface area contributed by atoms with E-state index < -0.39 is 5.09 Å². The van der Waals surface area contributed by atoms with Crippen LogP contribution in [0.25, 0.3) is 0 Å². The van der Waals surface area contributed by atoms with Crippen LogP contribution in [0.15, 0.2) is 0 Å². The second-order valence-corrected chi connectivity index (χ2v) is 0.238. The van der Waals surface area contributed by atoms with Crippen molar-refractivity contribution in [3.05, 3.63) is 10.1 Å². The predicted octanol–water partition coefficient (Wildman–Crippen LogP) is -0.847. The summed E-state index contributed by atoms with van der Waals surface area (Å²) in [6.45, 7) is 0. The van der Waals surface area contributed by atoms with Crippen LogP contribution >= 0.6 is 0 Å². The van der Waals surface area contributed by atoms with Gasteiger partial charge in [-0.05, 0) is 0 Å². The van der Waals surface area contributed by atoms with Crippen LogP contribution in [0, 0.1) is 10.1 Å². The van der Waals surface area contributed by atoms with Crippen molar-refractivity contribution in [3.63, 3.8) is 0 Å². The van der Waals surface area contributed by atoms with E-state index in [1.54, 1.807) is 0 Å². The summed E-state index contributed by atoms with van der Waals surface area (Å²) in [6.07, 6.45) is 0. The minimum atomic E-state index is -1.50. The molecule has 0 rings (SSSR count). The van der Waals surface area contributed by atoms with Gasteiger partial charge in [0.1, 0.15) is 0 Å². The molecule has 0 aromatic heterocycles. The van der Waals surface area contributed by atoms with Crippen LogP contribution in [-0.2, 0) is 3.08 Å². The Morgan fingerprint density at radius 2 is 1.67 bits per heavy atom. The summed E-state index contributed by atoms with van der Waals surface area (Å²) >= 11 is 0.300. The Morgan fingerprint density at radius 1 is 1.67 bits per heavy atom. The number of rotatable bonds is 0. The summed E-state index contributed by atoms with van der Waals surface area (Å²) in [4.78, 5) is 8.36. The predicted molar refractivity (Wildman–Crippen MR) is 15.2 cm³/mol. The minimum absolute atomic E-state index is 0.300. The van der Waals surface area contributed by atoms with Crippen molar-refractivity contribution in [2.45, 2.75) is 0 Å². The molecule has 34 valence electrons. The standard InChI is InChI=1S/HNO3.O.Sn/c2-1(3)4;;/h(H,2,3,4);;. The molecule has 0 atom stereocenters. The maximum absolute atomic E-state index is 8.36. The molecule has 0 saturated carbocycles. The molecule has 1 N–H and O–H groups in total. The van der Waals surface area contributed by atoms with Crippen molar-refractivity contribution >= 4 is 22.5 Å². The molecule has 0 aliphatic rings. The van der Waals surface area contributed by atoms with Gasteiger partial charge in [0.15, 0.2) is 0 Å². The van der Waals surface area contributed by atoms with Gasteiger partial charge < -0.3 is 5.21 Å². The van der Waals surface area contributed by atoms with Gasteiger partial charge in [-0.25, -0.2) is 0 Å². The first-order valence-corrected chi connectivity index (χ1v) is 1.93. The van der Waals surface area contributed by atoms with Gasteiger partial charge in [0, 0.05) is 0 Å². The van der Waals surface area contributed by atoms with E-state index in [2.05, 4.69) is 0 Å². The van der Waals surface area contributed by atoms with E-state index in [1.165, 1.54) is 0 Å². The van der Waals surface area contributed by atoms with Gasteiger partial charge >= 0.3 is 25.6 Å². The number of hydrogen-bond acceptors (Lipinski definition) is 3.